The normalized spacial score (nSPS) is 9.94. The number of thiol groups is 1. The summed E-state index contributed by atoms with van der Waals surface area (Å²) in [7, 11) is 0. The molecule has 0 saturated heterocycles. The highest BCUT2D eigenvalue weighted by atomic mass is 32.1. The van der Waals surface area contributed by atoms with Gasteiger partial charge in [-0.2, -0.15) is 0 Å². The van der Waals surface area contributed by atoms with Crippen molar-refractivity contribution in [2.75, 3.05) is 0 Å². The molecule has 2 aromatic rings. The van der Waals surface area contributed by atoms with Crippen LogP contribution in [0.4, 0.5) is 0 Å². The van der Waals surface area contributed by atoms with E-state index in [1.807, 2.05) is 24.3 Å². The summed E-state index contributed by atoms with van der Waals surface area (Å²) in [6, 6.07) is 14.9. The van der Waals surface area contributed by atoms with E-state index in [1.165, 1.54) is 0 Å². The van der Waals surface area contributed by atoms with Gasteiger partial charge in [-0.1, -0.05) is 12.1 Å². The number of ether oxygens (including phenoxy) is 1. The number of hydrogen-bond donors (Lipinski definition) is 1. The predicted octanol–water partition coefficient (Wildman–Crippen LogP) is 3.37. The van der Waals surface area contributed by atoms with Crippen LogP contribution in [0.1, 0.15) is 15.9 Å². The van der Waals surface area contributed by atoms with E-state index >= 15 is 0 Å². The first-order valence-electron chi connectivity index (χ1n) is 5.24. The number of benzene rings is 2. The zero-order valence-corrected chi connectivity index (χ0v) is 10.1. The lowest BCUT2D eigenvalue weighted by molar-refractivity contribution is 0.112. The lowest BCUT2D eigenvalue weighted by Gasteiger charge is -2.06. The number of rotatable bonds is 4. The lowest BCUT2D eigenvalue weighted by Crippen LogP contribution is -1.95. The van der Waals surface area contributed by atoms with Crippen LogP contribution in [-0.2, 0) is 6.61 Å². The van der Waals surface area contributed by atoms with Crippen LogP contribution in [-0.4, -0.2) is 6.29 Å². The molecule has 0 radical (unpaired) electrons. The van der Waals surface area contributed by atoms with Crippen molar-refractivity contribution in [1.29, 1.82) is 0 Å². The van der Waals surface area contributed by atoms with Crippen LogP contribution in [0, 0.1) is 0 Å². The SMILES string of the molecule is O=Cc1ccc(OCc2ccc(S)cc2)cc1. The van der Waals surface area contributed by atoms with Crippen LogP contribution in [0.3, 0.4) is 0 Å². The molecule has 0 spiro atoms. The third-order valence-corrected chi connectivity index (χ3v) is 2.66. The predicted molar refractivity (Wildman–Crippen MR) is 69.9 cm³/mol. The second-order valence-corrected chi connectivity index (χ2v) is 4.16. The van der Waals surface area contributed by atoms with Crippen LogP contribution < -0.4 is 4.74 Å². The third-order valence-electron chi connectivity index (χ3n) is 2.36. The maximum Gasteiger partial charge on any atom is 0.150 e. The molecule has 0 aliphatic rings. The van der Waals surface area contributed by atoms with Gasteiger partial charge >= 0.3 is 0 Å². The van der Waals surface area contributed by atoms with E-state index in [1.54, 1.807) is 24.3 Å². The molecule has 0 saturated carbocycles. The molecule has 2 aromatic carbocycles. The minimum Gasteiger partial charge on any atom is -0.489 e. The molecular weight excluding hydrogens is 232 g/mol. The van der Waals surface area contributed by atoms with Crippen molar-refractivity contribution >= 4 is 18.9 Å². The minimum absolute atomic E-state index is 0.508. The molecule has 86 valence electrons. The Labute approximate surface area is 106 Å². The molecule has 0 fully saturated rings. The van der Waals surface area contributed by atoms with E-state index in [0.29, 0.717) is 12.2 Å². The highest BCUT2D eigenvalue weighted by Gasteiger charge is 1.96. The van der Waals surface area contributed by atoms with E-state index < -0.39 is 0 Å². The molecule has 17 heavy (non-hydrogen) atoms. The molecule has 0 N–H and O–H groups in total. The van der Waals surface area contributed by atoms with Crippen molar-refractivity contribution in [2.45, 2.75) is 11.5 Å². The summed E-state index contributed by atoms with van der Waals surface area (Å²) < 4.78 is 5.59. The van der Waals surface area contributed by atoms with Gasteiger partial charge in [0.2, 0.25) is 0 Å². The molecule has 0 atom stereocenters. The van der Waals surface area contributed by atoms with Gasteiger partial charge in [0.15, 0.2) is 0 Å². The third kappa shape index (κ3) is 3.36. The van der Waals surface area contributed by atoms with E-state index in [9.17, 15) is 4.79 Å². The van der Waals surface area contributed by atoms with Crippen molar-refractivity contribution < 1.29 is 9.53 Å². The van der Waals surface area contributed by atoms with Crippen LogP contribution in [0.5, 0.6) is 5.75 Å². The summed E-state index contributed by atoms with van der Waals surface area (Å²) in [5.41, 5.74) is 1.74. The fourth-order valence-corrected chi connectivity index (χ4v) is 1.55. The molecule has 0 bridgehead atoms. The molecule has 0 aromatic heterocycles. The monoisotopic (exact) mass is 244 g/mol. The summed E-state index contributed by atoms with van der Waals surface area (Å²) in [6.07, 6.45) is 0.815. The Bertz CT molecular complexity index is 489. The van der Waals surface area contributed by atoms with Gasteiger partial charge in [-0.25, -0.2) is 0 Å². The molecule has 0 heterocycles. The van der Waals surface area contributed by atoms with Crippen molar-refractivity contribution in [2.24, 2.45) is 0 Å². The maximum absolute atomic E-state index is 10.5. The second-order valence-electron chi connectivity index (χ2n) is 3.64. The van der Waals surface area contributed by atoms with Crippen molar-refractivity contribution in [3.63, 3.8) is 0 Å². The zero-order valence-electron chi connectivity index (χ0n) is 9.17. The standard InChI is InChI=1S/C14H12O2S/c15-9-11-1-5-13(6-2-11)16-10-12-3-7-14(17)8-4-12/h1-9,17H,10H2. The summed E-state index contributed by atoms with van der Waals surface area (Å²) in [5.74, 6) is 0.755. The fourth-order valence-electron chi connectivity index (χ4n) is 1.40. The van der Waals surface area contributed by atoms with E-state index in [2.05, 4.69) is 12.6 Å². The number of carbonyl (C=O) groups excluding carboxylic acids is 1. The Morgan fingerprint density at radius 3 is 2.24 bits per heavy atom. The molecule has 0 aliphatic carbocycles. The van der Waals surface area contributed by atoms with Gasteiger partial charge in [0.25, 0.3) is 0 Å². The van der Waals surface area contributed by atoms with Crippen molar-refractivity contribution in [1.82, 2.24) is 0 Å². The molecule has 0 unspecified atom stereocenters. The van der Waals surface area contributed by atoms with Crippen LogP contribution in [0.15, 0.2) is 53.4 Å². The largest absolute Gasteiger partial charge is 0.489 e. The van der Waals surface area contributed by atoms with Crippen molar-refractivity contribution in [3.05, 3.63) is 59.7 Å². The Hall–Kier alpha value is -1.74. The number of aldehydes is 1. The van der Waals surface area contributed by atoms with Gasteiger partial charge in [-0.05, 0) is 42.0 Å². The minimum atomic E-state index is 0.508. The zero-order chi connectivity index (χ0) is 12.1. The smallest absolute Gasteiger partial charge is 0.150 e. The number of hydrogen-bond acceptors (Lipinski definition) is 3. The lowest BCUT2D eigenvalue weighted by atomic mass is 10.2. The van der Waals surface area contributed by atoms with E-state index in [0.717, 1.165) is 22.5 Å². The summed E-state index contributed by atoms with van der Waals surface area (Å²) >= 11 is 4.22. The molecule has 2 rings (SSSR count). The quantitative estimate of drug-likeness (QED) is 0.659. The van der Waals surface area contributed by atoms with E-state index in [-0.39, 0.29) is 0 Å². The Balaban J connectivity index is 1.97. The average molecular weight is 244 g/mol. The summed E-state index contributed by atoms with van der Waals surface area (Å²) in [4.78, 5) is 11.4. The topological polar surface area (TPSA) is 26.3 Å². The fraction of sp³-hybridized carbons (Fsp3) is 0.0714. The molecule has 2 nitrogen and oxygen atoms in total. The first kappa shape index (κ1) is 11.7. The molecular formula is C14H12O2S. The Kier molecular flexibility index (Phi) is 3.83. The van der Waals surface area contributed by atoms with E-state index in [4.69, 9.17) is 4.74 Å². The summed E-state index contributed by atoms with van der Waals surface area (Å²) in [5, 5.41) is 0. The number of carbonyl (C=O) groups is 1. The molecule has 0 amide bonds. The van der Waals surface area contributed by atoms with Gasteiger partial charge in [0.1, 0.15) is 18.6 Å². The summed E-state index contributed by atoms with van der Waals surface area (Å²) in [6.45, 7) is 0.508. The van der Waals surface area contributed by atoms with Gasteiger partial charge in [0, 0.05) is 10.5 Å². The van der Waals surface area contributed by atoms with Crippen LogP contribution in [0.2, 0.25) is 0 Å². The van der Waals surface area contributed by atoms with Gasteiger partial charge in [-0.3, -0.25) is 4.79 Å². The Morgan fingerprint density at radius 2 is 1.65 bits per heavy atom. The highest BCUT2D eigenvalue weighted by Crippen LogP contribution is 2.14. The van der Waals surface area contributed by atoms with Gasteiger partial charge in [0.05, 0.1) is 0 Å². The first-order valence-corrected chi connectivity index (χ1v) is 5.68. The molecule has 3 heteroatoms. The average Bonchev–Trinajstić information content (AvgIpc) is 2.39. The first-order chi connectivity index (χ1) is 8.28. The second kappa shape index (κ2) is 5.55. The van der Waals surface area contributed by atoms with Gasteiger partial charge < -0.3 is 4.74 Å². The van der Waals surface area contributed by atoms with Crippen molar-refractivity contribution in [3.8, 4) is 5.75 Å². The van der Waals surface area contributed by atoms with Crippen LogP contribution in [0.25, 0.3) is 0 Å². The Morgan fingerprint density at radius 1 is 1.00 bits per heavy atom. The van der Waals surface area contributed by atoms with Crippen LogP contribution >= 0.6 is 12.6 Å². The van der Waals surface area contributed by atoms with Gasteiger partial charge in [-0.15, -0.1) is 12.6 Å². The highest BCUT2D eigenvalue weighted by molar-refractivity contribution is 7.80. The molecule has 0 aliphatic heterocycles. The maximum atomic E-state index is 10.5.